The van der Waals surface area contributed by atoms with E-state index in [-0.39, 0.29) is 18.6 Å². The Labute approximate surface area is 177 Å². The Kier molecular flexibility index (Phi) is 8.47. The van der Waals surface area contributed by atoms with E-state index in [4.69, 9.17) is 14.2 Å². The van der Waals surface area contributed by atoms with Crippen LogP contribution < -0.4 is 14.8 Å². The maximum Gasteiger partial charge on any atom is 0.331 e. The second-order valence-corrected chi connectivity index (χ2v) is 7.03. The largest absolute Gasteiger partial charge is 0.493 e. The van der Waals surface area contributed by atoms with Crippen molar-refractivity contribution < 1.29 is 23.8 Å². The molecule has 0 atom stereocenters. The van der Waals surface area contributed by atoms with E-state index in [0.717, 1.165) is 28.8 Å². The molecule has 2 aromatic rings. The van der Waals surface area contributed by atoms with Gasteiger partial charge < -0.3 is 19.5 Å². The second-order valence-electron chi connectivity index (χ2n) is 7.03. The topological polar surface area (TPSA) is 73.9 Å². The van der Waals surface area contributed by atoms with Crippen LogP contribution in [0.5, 0.6) is 11.5 Å². The van der Waals surface area contributed by atoms with E-state index in [2.05, 4.69) is 5.32 Å². The predicted molar refractivity (Wildman–Crippen MR) is 118 cm³/mol. The van der Waals surface area contributed by atoms with E-state index in [1.165, 1.54) is 6.08 Å². The van der Waals surface area contributed by atoms with Gasteiger partial charge in [-0.25, -0.2) is 4.79 Å². The van der Waals surface area contributed by atoms with Gasteiger partial charge in [0.15, 0.2) is 18.1 Å². The molecule has 1 N–H and O–H groups in total. The molecule has 0 radical (unpaired) electrons. The number of nitrogens with one attached hydrogen (secondary N) is 1. The SMILES string of the molecule is CCc1cccc(C)c1NC(=O)COC(=O)/C=C/c1ccc(OC(C)C)c(OC)c1. The third-order valence-electron chi connectivity index (χ3n) is 4.31. The van der Waals surface area contributed by atoms with Crippen molar-refractivity contribution in [3.05, 3.63) is 59.2 Å². The summed E-state index contributed by atoms with van der Waals surface area (Å²) in [6, 6.07) is 11.2. The number of hydrogen-bond donors (Lipinski definition) is 1. The molecule has 0 bridgehead atoms. The molecule has 160 valence electrons. The van der Waals surface area contributed by atoms with Crippen molar-refractivity contribution in [2.24, 2.45) is 0 Å². The lowest BCUT2D eigenvalue weighted by molar-refractivity contribution is -0.142. The van der Waals surface area contributed by atoms with E-state index in [9.17, 15) is 9.59 Å². The molecule has 0 unspecified atom stereocenters. The van der Waals surface area contributed by atoms with Crippen LogP contribution in [0.2, 0.25) is 0 Å². The summed E-state index contributed by atoms with van der Waals surface area (Å²) in [5.41, 5.74) is 3.52. The Hall–Kier alpha value is -3.28. The van der Waals surface area contributed by atoms with Gasteiger partial charge >= 0.3 is 5.97 Å². The third kappa shape index (κ3) is 6.65. The average molecular weight is 411 g/mol. The number of aryl methyl sites for hydroxylation is 2. The fraction of sp³-hybridized carbons (Fsp3) is 0.333. The first-order valence-electron chi connectivity index (χ1n) is 9.91. The number of benzene rings is 2. The quantitative estimate of drug-likeness (QED) is 0.484. The lowest BCUT2D eigenvalue weighted by Crippen LogP contribution is -2.21. The lowest BCUT2D eigenvalue weighted by atomic mass is 10.1. The standard InChI is InChI=1S/C24H29NO5/c1-6-19-9-7-8-17(4)24(19)25-22(26)15-29-23(27)13-11-18-10-12-20(30-16(2)3)21(14-18)28-5/h7-14,16H,6,15H2,1-5H3,(H,25,26)/b13-11+. The number of ether oxygens (including phenoxy) is 3. The third-order valence-corrected chi connectivity index (χ3v) is 4.31. The van der Waals surface area contributed by atoms with Gasteiger partial charge in [0.25, 0.3) is 5.91 Å². The van der Waals surface area contributed by atoms with Crippen LogP contribution in [0.3, 0.4) is 0 Å². The zero-order chi connectivity index (χ0) is 22.1. The van der Waals surface area contributed by atoms with Crippen molar-refractivity contribution in [2.75, 3.05) is 19.0 Å². The van der Waals surface area contributed by atoms with E-state index >= 15 is 0 Å². The molecule has 0 aliphatic rings. The Balaban J connectivity index is 1.93. The average Bonchev–Trinajstić information content (AvgIpc) is 2.72. The Morgan fingerprint density at radius 2 is 1.90 bits per heavy atom. The molecule has 0 aromatic heterocycles. The molecule has 0 spiro atoms. The van der Waals surface area contributed by atoms with E-state index in [1.807, 2.05) is 45.9 Å². The molecule has 1 amide bonds. The van der Waals surface area contributed by atoms with Gasteiger partial charge in [0.1, 0.15) is 0 Å². The molecule has 6 nitrogen and oxygen atoms in total. The zero-order valence-electron chi connectivity index (χ0n) is 18.2. The Bertz CT molecular complexity index is 918. The number of carbonyl (C=O) groups excluding carboxylic acids is 2. The summed E-state index contributed by atoms with van der Waals surface area (Å²) in [5.74, 6) is 0.222. The fourth-order valence-corrected chi connectivity index (χ4v) is 2.87. The number of amides is 1. The van der Waals surface area contributed by atoms with Crippen LogP contribution in [0.25, 0.3) is 6.08 Å². The summed E-state index contributed by atoms with van der Waals surface area (Å²) in [6.07, 6.45) is 3.69. The van der Waals surface area contributed by atoms with Gasteiger partial charge in [-0.3, -0.25) is 4.79 Å². The van der Waals surface area contributed by atoms with Crippen LogP contribution in [0.4, 0.5) is 5.69 Å². The van der Waals surface area contributed by atoms with Crippen LogP contribution >= 0.6 is 0 Å². The highest BCUT2D eigenvalue weighted by molar-refractivity contribution is 5.95. The van der Waals surface area contributed by atoms with E-state index in [0.29, 0.717) is 11.5 Å². The molecule has 0 saturated heterocycles. The summed E-state index contributed by atoms with van der Waals surface area (Å²) >= 11 is 0. The second kappa shape index (κ2) is 11.0. The van der Waals surface area contributed by atoms with Crippen LogP contribution in [0.15, 0.2) is 42.5 Å². The monoisotopic (exact) mass is 411 g/mol. The van der Waals surface area contributed by atoms with Crippen molar-refractivity contribution >= 4 is 23.6 Å². The molecule has 2 rings (SSSR count). The first-order chi connectivity index (χ1) is 14.3. The van der Waals surface area contributed by atoms with Crippen molar-refractivity contribution in [3.63, 3.8) is 0 Å². The van der Waals surface area contributed by atoms with Crippen molar-refractivity contribution in [2.45, 2.75) is 40.2 Å². The van der Waals surface area contributed by atoms with Crippen molar-refractivity contribution in [3.8, 4) is 11.5 Å². The minimum atomic E-state index is -0.605. The van der Waals surface area contributed by atoms with E-state index < -0.39 is 5.97 Å². The molecular formula is C24H29NO5. The first kappa shape index (κ1) is 23.0. The normalized spacial score (nSPS) is 10.9. The van der Waals surface area contributed by atoms with Gasteiger partial charge in [0.2, 0.25) is 0 Å². The summed E-state index contributed by atoms with van der Waals surface area (Å²) in [6.45, 7) is 7.45. The summed E-state index contributed by atoms with van der Waals surface area (Å²) in [7, 11) is 1.56. The minimum Gasteiger partial charge on any atom is -0.493 e. The number of anilines is 1. The summed E-state index contributed by atoms with van der Waals surface area (Å²) < 4.78 is 16.1. The minimum absolute atomic E-state index is 0.0227. The van der Waals surface area contributed by atoms with Gasteiger partial charge in [0.05, 0.1) is 13.2 Å². The van der Waals surface area contributed by atoms with Crippen LogP contribution in [-0.2, 0) is 20.7 Å². The van der Waals surface area contributed by atoms with Crippen molar-refractivity contribution in [1.82, 2.24) is 0 Å². The number of carbonyl (C=O) groups is 2. The molecular weight excluding hydrogens is 382 g/mol. The van der Waals surface area contributed by atoms with Gasteiger partial charge in [-0.05, 0) is 62.1 Å². The summed E-state index contributed by atoms with van der Waals surface area (Å²) in [4.78, 5) is 24.2. The molecule has 0 heterocycles. The van der Waals surface area contributed by atoms with Crippen LogP contribution in [0.1, 0.15) is 37.5 Å². The van der Waals surface area contributed by atoms with Gasteiger partial charge in [-0.2, -0.15) is 0 Å². The molecule has 0 fully saturated rings. The highest BCUT2D eigenvalue weighted by Gasteiger charge is 2.11. The molecule has 30 heavy (non-hydrogen) atoms. The molecule has 0 aliphatic carbocycles. The Morgan fingerprint density at radius 1 is 1.13 bits per heavy atom. The molecule has 0 saturated carbocycles. The highest BCUT2D eigenvalue weighted by Crippen LogP contribution is 2.29. The maximum atomic E-state index is 12.2. The highest BCUT2D eigenvalue weighted by atomic mass is 16.5. The number of rotatable bonds is 9. The summed E-state index contributed by atoms with van der Waals surface area (Å²) in [5, 5.41) is 2.82. The first-order valence-corrected chi connectivity index (χ1v) is 9.91. The van der Waals surface area contributed by atoms with Gasteiger partial charge in [0, 0.05) is 11.8 Å². The number of esters is 1. The number of methoxy groups -OCH3 is 1. The van der Waals surface area contributed by atoms with Crippen LogP contribution in [0, 0.1) is 6.92 Å². The van der Waals surface area contributed by atoms with E-state index in [1.54, 1.807) is 31.4 Å². The number of para-hydroxylation sites is 1. The van der Waals surface area contributed by atoms with Gasteiger partial charge in [-0.1, -0.05) is 31.2 Å². The predicted octanol–water partition coefficient (Wildman–Crippen LogP) is 4.55. The van der Waals surface area contributed by atoms with Crippen molar-refractivity contribution in [1.29, 1.82) is 0 Å². The van der Waals surface area contributed by atoms with Gasteiger partial charge in [-0.15, -0.1) is 0 Å². The zero-order valence-corrected chi connectivity index (χ0v) is 18.2. The Morgan fingerprint density at radius 3 is 2.57 bits per heavy atom. The maximum absolute atomic E-state index is 12.2. The lowest BCUT2D eigenvalue weighted by Gasteiger charge is -2.13. The molecule has 6 heteroatoms. The van der Waals surface area contributed by atoms with Crippen LogP contribution in [-0.4, -0.2) is 31.7 Å². The fourth-order valence-electron chi connectivity index (χ4n) is 2.87. The smallest absolute Gasteiger partial charge is 0.331 e. The molecule has 0 aliphatic heterocycles. The number of hydrogen-bond acceptors (Lipinski definition) is 5. The molecule has 2 aromatic carbocycles.